The molecule has 140 valence electrons. The van der Waals surface area contributed by atoms with E-state index in [0.717, 1.165) is 50.1 Å². The molecule has 0 aliphatic carbocycles. The number of fused-ring (bicyclic) bond motifs is 1. The van der Waals surface area contributed by atoms with Crippen LogP contribution in [0.3, 0.4) is 0 Å². The maximum Gasteiger partial charge on any atom is 0.326 e. The summed E-state index contributed by atoms with van der Waals surface area (Å²) in [5.41, 5.74) is 1.94. The highest BCUT2D eigenvalue weighted by Gasteiger charge is 2.23. The molecule has 1 aromatic heterocycles. The van der Waals surface area contributed by atoms with Crippen molar-refractivity contribution in [2.75, 3.05) is 39.5 Å². The van der Waals surface area contributed by atoms with Crippen LogP contribution in [0.5, 0.6) is 0 Å². The van der Waals surface area contributed by atoms with Gasteiger partial charge in [-0.3, -0.25) is 4.57 Å². The molecule has 0 bridgehead atoms. The number of aromatic nitrogens is 2. The molecule has 1 aromatic carbocycles. The second kappa shape index (κ2) is 8.65. The van der Waals surface area contributed by atoms with Gasteiger partial charge in [-0.25, -0.2) is 4.79 Å². The number of para-hydroxylation sites is 2. The van der Waals surface area contributed by atoms with Crippen LogP contribution < -0.4 is 5.69 Å². The number of hydrogen-bond acceptors (Lipinski definition) is 4. The van der Waals surface area contributed by atoms with Crippen molar-refractivity contribution in [1.29, 1.82) is 0 Å². The number of nitrogens with one attached hydrogen (secondary N) is 1. The molecule has 0 unspecified atom stereocenters. The Kier molecular flexibility index (Phi) is 6.29. The third kappa shape index (κ3) is 4.71. The molecular weight excluding hydrogens is 318 g/mol. The van der Waals surface area contributed by atoms with Crippen molar-refractivity contribution >= 4 is 11.0 Å². The van der Waals surface area contributed by atoms with E-state index in [1.807, 2.05) is 42.7 Å². The number of H-pyrrole nitrogens is 1. The molecule has 0 atom stereocenters. The van der Waals surface area contributed by atoms with Gasteiger partial charge in [0.25, 0.3) is 0 Å². The van der Waals surface area contributed by atoms with Crippen LogP contribution in [0.4, 0.5) is 0 Å². The molecule has 25 heavy (non-hydrogen) atoms. The molecule has 3 rings (SSSR count). The largest absolute Gasteiger partial charge is 0.378 e. The molecule has 6 heteroatoms. The number of nitrogens with zero attached hydrogens (tertiary/aromatic N) is 2. The molecule has 0 amide bonds. The Balaban J connectivity index is 0.00000243. The maximum atomic E-state index is 12.3. The maximum absolute atomic E-state index is 12.3. The molecule has 6 nitrogen and oxygen atoms in total. The number of likely N-dealkylation sites (tertiary alicyclic amines) is 1. The molecule has 2 aromatic rings. The zero-order chi connectivity index (χ0) is 17.6. The Morgan fingerprint density at radius 1 is 1.20 bits per heavy atom. The van der Waals surface area contributed by atoms with Gasteiger partial charge in [0.2, 0.25) is 0 Å². The molecule has 1 fully saturated rings. The number of ether oxygens (including phenoxy) is 2. The summed E-state index contributed by atoms with van der Waals surface area (Å²) in [6.07, 6.45) is 2.26. The van der Waals surface area contributed by atoms with Crippen LogP contribution >= 0.6 is 0 Å². The first kappa shape index (κ1) is 18.2. The Morgan fingerprint density at radius 2 is 1.96 bits per heavy atom. The van der Waals surface area contributed by atoms with Gasteiger partial charge in [0, 0.05) is 27.1 Å². The third-order valence-corrected chi connectivity index (χ3v) is 4.78. The zero-order valence-corrected chi connectivity index (χ0v) is 15.2. The fraction of sp³-hybridized carbons (Fsp3) is 0.632. The van der Waals surface area contributed by atoms with Crippen LogP contribution in [0, 0.1) is 0 Å². The Bertz CT molecular complexity index is 720. The normalized spacial score (nSPS) is 16.9. The first-order valence-electron chi connectivity index (χ1n) is 9.26. The van der Waals surface area contributed by atoms with E-state index < -0.39 is 0 Å². The molecule has 0 radical (unpaired) electrons. The summed E-state index contributed by atoms with van der Waals surface area (Å²) in [6, 6.07) is 8.20. The molecule has 1 N–H and O–H groups in total. The summed E-state index contributed by atoms with van der Waals surface area (Å²) in [5, 5.41) is 0. The van der Waals surface area contributed by atoms with E-state index in [2.05, 4.69) is 9.88 Å². The fourth-order valence-electron chi connectivity index (χ4n) is 3.48. The quantitative estimate of drug-likeness (QED) is 0.745. The topological polar surface area (TPSA) is 59.5 Å². The van der Waals surface area contributed by atoms with Crippen molar-refractivity contribution in [1.82, 2.24) is 14.5 Å². The van der Waals surface area contributed by atoms with Crippen molar-refractivity contribution in [2.24, 2.45) is 0 Å². The summed E-state index contributed by atoms with van der Waals surface area (Å²) in [5.74, 6) is 0. The van der Waals surface area contributed by atoms with E-state index >= 15 is 0 Å². The third-order valence-electron chi connectivity index (χ3n) is 4.78. The van der Waals surface area contributed by atoms with E-state index in [-0.39, 0.29) is 19.3 Å². The summed E-state index contributed by atoms with van der Waals surface area (Å²) in [6.45, 7) is 9.05. The molecule has 0 spiro atoms. The predicted molar refractivity (Wildman–Crippen MR) is 101 cm³/mol. The van der Waals surface area contributed by atoms with Gasteiger partial charge in [-0.1, -0.05) is 12.1 Å². The van der Waals surface area contributed by atoms with Gasteiger partial charge >= 0.3 is 5.69 Å². The molecular formula is C19H31N3O3. The lowest BCUT2D eigenvalue weighted by atomic mass is 10.0. The zero-order valence-electron chi connectivity index (χ0n) is 15.2. The van der Waals surface area contributed by atoms with Crippen LogP contribution in [0.25, 0.3) is 11.0 Å². The Morgan fingerprint density at radius 3 is 2.72 bits per heavy atom. The van der Waals surface area contributed by atoms with Crippen LogP contribution in [-0.2, 0) is 9.47 Å². The van der Waals surface area contributed by atoms with Gasteiger partial charge in [-0.15, -0.1) is 0 Å². The monoisotopic (exact) mass is 349 g/mol. The van der Waals surface area contributed by atoms with Crippen LogP contribution in [0.1, 0.15) is 34.2 Å². The van der Waals surface area contributed by atoms with Gasteiger partial charge in [-0.05, 0) is 38.8 Å². The lowest BCUT2D eigenvalue weighted by molar-refractivity contribution is 0.0120. The Hall–Kier alpha value is -1.63. The van der Waals surface area contributed by atoms with E-state index in [1.54, 1.807) is 0 Å². The van der Waals surface area contributed by atoms with Crippen LogP contribution in [0.15, 0.2) is 29.1 Å². The van der Waals surface area contributed by atoms with Crippen molar-refractivity contribution in [2.45, 2.75) is 38.8 Å². The van der Waals surface area contributed by atoms with E-state index in [0.29, 0.717) is 13.2 Å². The number of imidazole rings is 1. The molecule has 1 saturated heterocycles. The van der Waals surface area contributed by atoms with Crippen LogP contribution in [-0.4, -0.2) is 60.0 Å². The average Bonchev–Trinajstić information content (AvgIpc) is 2.94. The van der Waals surface area contributed by atoms with Gasteiger partial charge in [0.05, 0.1) is 37.0 Å². The minimum absolute atomic E-state index is 0. The van der Waals surface area contributed by atoms with E-state index in [9.17, 15) is 4.79 Å². The fourth-order valence-corrected chi connectivity index (χ4v) is 3.48. The van der Waals surface area contributed by atoms with E-state index in [4.69, 9.17) is 9.47 Å². The minimum Gasteiger partial charge on any atom is -0.378 e. The van der Waals surface area contributed by atoms with Gasteiger partial charge in [0.15, 0.2) is 0 Å². The van der Waals surface area contributed by atoms with Crippen molar-refractivity contribution in [3.8, 4) is 0 Å². The van der Waals surface area contributed by atoms with Gasteiger partial charge < -0.3 is 19.4 Å². The number of piperidine rings is 1. The minimum atomic E-state index is 0. The van der Waals surface area contributed by atoms with Gasteiger partial charge in [0.1, 0.15) is 0 Å². The predicted octanol–water partition coefficient (Wildman–Crippen LogP) is 2.65. The highest BCUT2D eigenvalue weighted by Crippen LogP contribution is 2.24. The Labute approximate surface area is 150 Å². The summed E-state index contributed by atoms with van der Waals surface area (Å²) < 4.78 is 13.0. The van der Waals surface area contributed by atoms with Crippen molar-refractivity contribution < 1.29 is 10.9 Å². The number of hydrogen-bond donors (Lipinski definition) is 1. The van der Waals surface area contributed by atoms with Crippen molar-refractivity contribution in [3.63, 3.8) is 0 Å². The molecule has 1 aliphatic rings. The smallest absolute Gasteiger partial charge is 0.326 e. The molecule has 1 aliphatic heterocycles. The lowest BCUT2D eigenvalue weighted by Gasteiger charge is -2.32. The first-order chi connectivity index (χ1) is 12.1. The average molecular weight is 349 g/mol. The summed E-state index contributed by atoms with van der Waals surface area (Å²) in [7, 11) is 0. The first-order valence-corrected chi connectivity index (χ1v) is 9.26. The summed E-state index contributed by atoms with van der Waals surface area (Å²) in [4.78, 5) is 17.7. The number of rotatable bonds is 8. The highest BCUT2D eigenvalue weighted by molar-refractivity contribution is 5.75. The van der Waals surface area contributed by atoms with Gasteiger partial charge in [-0.2, -0.15) is 0 Å². The molecule has 2 heterocycles. The molecule has 0 saturated carbocycles. The second-order valence-corrected chi connectivity index (χ2v) is 6.92. The SMILES string of the molecule is CC(C)OCCOCCN1CCC(n2c(=O)[nH]c3ccccc32)CC1.[HH]. The summed E-state index contributed by atoms with van der Waals surface area (Å²) >= 11 is 0. The number of aromatic amines is 1. The second-order valence-electron chi connectivity index (χ2n) is 6.92. The lowest BCUT2D eigenvalue weighted by Crippen LogP contribution is -2.38. The van der Waals surface area contributed by atoms with Crippen molar-refractivity contribution in [3.05, 3.63) is 34.7 Å². The number of benzene rings is 1. The highest BCUT2D eigenvalue weighted by atomic mass is 16.5. The van der Waals surface area contributed by atoms with E-state index in [1.165, 1.54) is 0 Å². The van der Waals surface area contributed by atoms with Crippen LogP contribution in [0.2, 0.25) is 0 Å². The standard InChI is InChI=1S/C19H29N3O3.H2/c1-15(2)25-14-13-24-12-11-21-9-7-16(8-10-21)22-18-6-4-3-5-17(18)20-19(22)23;/h3-6,15-16H,7-14H2,1-2H3,(H,20,23);1H.